The quantitative estimate of drug-likeness (QED) is 0.549. The summed E-state index contributed by atoms with van der Waals surface area (Å²) in [5.41, 5.74) is 6.19. The van der Waals surface area contributed by atoms with E-state index in [4.69, 9.17) is 10.5 Å². The van der Waals surface area contributed by atoms with E-state index in [0.29, 0.717) is 4.68 Å². The van der Waals surface area contributed by atoms with Gasteiger partial charge in [-0.15, -0.1) is 5.10 Å². The predicted molar refractivity (Wildman–Crippen MR) is 84.1 cm³/mol. The second kappa shape index (κ2) is 6.57. The summed E-state index contributed by atoms with van der Waals surface area (Å²) in [5.74, 6) is 0.356. The molecule has 2 heterocycles. The Hall–Kier alpha value is -2.86. The van der Waals surface area contributed by atoms with Crippen LogP contribution in [-0.2, 0) is 0 Å². The lowest BCUT2D eigenvalue weighted by atomic mass is 9.78. The first kappa shape index (κ1) is 17.0. The Morgan fingerprint density at radius 3 is 2.64 bits per heavy atom. The topological polar surface area (TPSA) is 132 Å². The SMILES string of the molecule is CC(Oc1ccc(B(O)O)c2ncnc(N)c12)c1ncn(C(F)F)n1. The largest absolute Gasteiger partial charge is 0.490 e. The lowest BCUT2D eigenvalue weighted by Crippen LogP contribution is -2.31. The van der Waals surface area contributed by atoms with Crippen LogP contribution in [0.25, 0.3) is 10.9 Å². The van der Waals surface area contributed by atoms with Crippen LogP contribution in [0.3, 0.4) is 0 Å². The molecule has 9 nitrogen and oxygen atoms in total. The van der Waals surface area contributed by atoms with Crippen LogP contribution in [0, 0.1) is 0 Å². The number of hydrogen-bond donors (Lipinski definition) is 3. The zero-order valence-corrected chi connectivity index (χ0v) is 12.9. The third kappa shape index (κ3) is 3.21. The van der Waals surface area contributed by atoms with Gasteiger partial charge >= 0.3 is 13.7 Å². The maximum Gasteiger partial charge on any atom is 0.490 e. The molecule has 0 bridgehead atoms. The van der Waals surface area contributed by atoms with Crippen molar-refractivity contribution < 1.29 is 23.6 Å². The zero-order chi connectivity index (χ0) is 18.1. The fraction of sp³-hybridized carbons (Fsp3) is 0.231. The molecule has 1 aromatic carbocycles. The molecule has 25 heavy (non-hydrogen) atoms. The molecule has 0 amide bonds. The zero-order valence-electron chi connectivity index (χ0n) is 12.9. The van der Waals surface area contributed by atoms with Gasteiger partial charge in [0, 0.05) is 5.46 Å². The van der Waals surface area contributed by atoms with Gasteiger partial charge in [-0.1, -0.05) is 6.07 Å². The molecule has 1 atom stereocenters. The van der Waals surface area contributed by atoms with Crippen LogP contribution in [0.1, 0.15) is 25.4 Å². The molecule has 0 fully saturated rings. The number of nitrogens with two attached hydrogens (primary N) is 1. The van der Waals surface area contributed by atoms with Crippen molar-refractivity contribution >= 4 is 29.3 Å². The number of anilines is 1. The first-order valence-electron chi connectivity index (χ1n) is 7.13. The van der Waals surface area contributed by atoms with E-state index in [1.807, 2.05) is 0 Å². The maximum atomic E-state index is 12.6. The molecular formula is C13H13BF2N6O3. The molecule has 4 N–H and O–H groups in total. The number of fused-ring (bicyclic) bond motifs is 1. The van der Waals surface area contributed by atoms with Crippen LogP contribution in [0.5, 0.6) is 5.75 Å². The summed E-state index contributed by atoms with van der Waals surface area (Å²) in [5, 5.41) is 22.8. The summed E-state index contributed by atoms with van der Waals surface area (Å²) in [6, 6.07) is 2.87. The average molecular weight is 350 g/mol. The number of ether oxygens (including phenoxy) is 1. The summed E-state index contributed by atoms with van der Waals surface area (Å²) in [4.78, 5) is 11.7. The molecule has 1 unspecified atom stereocenters. The second-order valence-corrected chi connectivity index (χ2v) is 5.13. The Bertz CT molecular complexity index is 907. The van der Waals surface area contributed by atoms with Crippen molar-refractivity contribution in [2.45, 2.75) is 19.6 Å². The molecule has 0 saturated heterocycles. The van der Waals surface area contributed by atoms with Crippen LogP contribution in [-0.4, -0.2) is 41.9 Å². The fourth-order valence-corrected chi connectivity index (χ4v) is 2.31. The number of aromatic nitrogens is 5. The minimum absolute atomic E-state index is 0.0511. The Morgan fingerprint density at radius 2 is 2.00 bits per heavy atom. The van der Waals surface area contributed by atoms with Gasteiger partial charge in [0.1, 0.15) is 24.2 Å². The third-order valence-corrected chi connectivity index (χ3v) is 3.48. The Labute approximate surface area is 140 Å². The van der Waals surface area contributed by atoms with E-state index in [-0.39, 0.29) is 33.8 Å². The Kier molecular flexibility index (Phi) is 4.46. The molecule has 0 radical (unpaired) electrons. The normalized spacial score (nSPS) is 12.6. The summed E-state index contributed by atoms with van der Waals surface area (Å²) in [6.07, 6.45) is 1.32. The second-order valence-electron chi connectivity index (χ2n) is 5.13. The predicted octanol–water partition coefficient (Wildman–Crippen LogP) is 0.0184. The lowest BCUT2D eigenvalue weighted by molar-refractivity contribution is 0.0550. The molecule has 130 valence electrons. The van der Waals surface area contributed by atoms with Crippen LogP contribution in [0.2, 0.25) is 0 Å². The van der Waals surface area contributed by atoms with Gasteiger partial charge in [0.2, 0.25) is 0 Å². The van der Waals surface area contributed by atoms with Gasteiger partial charge in [-0.2, -0.15) is 13.5 Å². The number of nitrogen functional groups attached to an aromatic ring is 1. The van der Waals surface area contributed by atoms with Crippen molar-refractivity contribution in [1.29, 1.82) is 0 Å². The molecule has 3 aromatic rings. The van der Waals surface area contributed by atoms with Crippen LogP contribution in [0.4, 0.5) is 14.6 Å². The third-order valence-electron chi connectivity index (χ3n) is 3.48. The van der Waals surface area contributed by atoms with E-state index >= 15 is 0 Å². The highest BCUT2D eigenvalue weighted by Crippen LogP contribution is 2.30. The number of alkyl halides is 2. The van der Waals surface area contributed by atoms with Gasteiger partial charge in [-0.25, -0.2) is 15.0 Å². The van der Waals surface area contributed by atoms with E-state index in [0.717, 1.165) is 6.33 Å². The molecule has 0 aliphatic carbocycles. The van der Waals surface area contributed by atoms with Crippen molar-refractivity contribution in [3.8, 4) is 5.75 Å². The fourth-order valence-electron chi connectivity index (χ4n) is 2.31. The Morgan fingerprint density at radius 1 is 1.24 bits per heavy atom. The van der Waals surface area contributed by atoms with Gasteiger partial charge in [0.05, 0.1) is 10.9 Å². The van der Waals surface area contributed by atoms with Crippen molar-refractivity contribution in [2.75, 3.05) is 5.73 Å². The molecule has 0 spiro atoms. The van der Waals surface area contributed by atoms with E-state index < -0.39 is 19.8 Å². The van der Waals surface area contributed by atoms with Crippen molar-refractivity contribution in [3.05, 3.63) is 30.6 Å². The van der Waals surface area contributed by atoms with E-state index in [2.05, 4.69) is 20.1 Å². The molecule has 0 aliphatic rings. The highest BCUT2D eigenvalue weighted by molar-refractivity contribution is 6.61. The minimum Gasteiger partial charge on any atom is -0.482 e. The van der Waals surface area contributed by atoms with E-state index in [1.54, 1.807) is 6.92 Å². The van der Waals surface area contributed by atoms with Gasteiger partial charge < -0.3 is 20.5 Å². The number of halogens is 2. The van der Waals surface area contributed by atoms with E-state index in [9.17, 15) is 18.8 Å². The van der Waals surface area contributed by atoms with E-state index in [1.165, 1.54) is 18.5 Å². The smallest absolute Gasteiger partial charge is 0.482 e. The number of rotatable bonds is 5. The number of hydrogen-bond acceptors (Lipinski definition) is 8. The van der Waals surface area contributed by atoms with Gasteiger partial charge in [0.25, 0.3) is 0 Å². The van der Waals surface area contributed by atoms with Gasteiger partial charge in [-0.3, -0.25) is 0 Å². The first-order valence-corrected chi connectivity index (χ1v) is 7.13. The number of benzene rings is 1. The summed E-state index contributed by atoms with van der Waals surface area (Å²) in [6.45, 7) is -1.23. The minimum atomic E-state index is -2.80. The maximum absolute atomic E-state index is 12.6. The van der Waals surface area contributed by atoms with Gasteiger partial charge in [0.15, 0.2) is 11.9 Å². The molecule has 0 aliphatic heterocycles. The Balaban J connectivity index is 1.99. The average Bonchev–Trinajstić information content (AvgIpc) is 3.05. The van der Waals surface area contributed by atoms with Crippen LogP contribution in [0.15, 0.2) is 24.8 Å². The van der Waals surface area contributed by atoms with Crippen molar-refractivity contribution in [2.24, 2.45) is 0 Å². The summed E-state index contributed by atoms with van der Waals surface area (Å²) in [7, 11) is -1.76. The highest BCUT2D eigenvalue weighted by Gasteiger charge is 2.22. The molecule has 12 heteroatoms. The molecule has 2 aromatic heterocycles. The molecular weight excluding hydrogens is 337 g/mol. The summed E-state index contributed by atoms with van der Waals surface area (Å²) < 4.78 is 31.3. The number of nitrogens with zero attached hydrogens (tertiary/aromatic N) is 5. The lowest BCUT2D eigenvalue weighted by Gasteiger charge is -2.15. The molecule has 0 saturated carbocycles. The van der Waals surface area contributed by atoms with Crippen LogP contribution >= 0.6 is 0 Å². The monoisotopic (exact) mass is 350 g/mol. The standard InChI is InChI=1S/C13H13BF2N6O3/c1-6(12-20-5-22(21-12)13(15)16)25-8-3-2-7(14(23)24)10-9(8)11(17)19-4-18-10/h2-6,13,23-24H,1H3,(H2,17,18,19). The molecule has 3 rings (SSSR count). The highest BCUT2D eigenvalue weighted by atomic mass is 19.3. The van der Waals surface area contributed by atoms with Gasteiger partial charge in [-0.05, 0) is 13.0 Å². The first-order chi connectivity index (χ1) is 11.9. The van der Waals surface area contributed by atoms with Crippen molar-refractivity contribution in [1.82, 2.24) is 24.7 Å². The van der Waals surface area contributed by atoms with Crippen molar-refractivity contribution in [3.63, 3.8) is 0 Å². The summed E-state index contributed by atoms with van der Waals surface area (Å²) >= 11 is 0. The van der Waals surface area contributed by atoms with Crippen LogP contribution < -0.4 is 15.9 Å².